The van der Waals surface area contributed by atoms with Gasteiger partial charge in [-0.25, -0.2) is 15.8 Å². The van der Waals surface area contributed by atoms with Crippen LogP contribution in [0.2, 0.25) is 0 Å². The van der Waals surface area contributed by atoms with Crippen molar-refractivity contribution in [2.75, 3.05) is 17.8 Å². The standard InChI is InChI=1S/C10H16N4OS/c1-7-12-9(14-11)5-10(13-7)16-6-8-3-2-4-15-8/h5,8H,2-4,6,11H2,1H3,(H,12,13,14). The van der Waals surface area contributed by atoms with Gasteiger partial charge in [0.05, 0.1) is 6.10 Å². The van der Waals surface area contributed by atoms with Crippen LogP contribution in [0.5, 0.6) is 0 Å². The molecule has 16 heavy (non-hydrogen) atoms. The number of aryl methyl sites for hydroxylation is 1. The van der Waals surface area contributed by atoms with Gasteiger partial charge in [0, 0.05) is 18.4 Å². The van der Waals surface area contributed by atoms with Gasteiger partial charge in [-0.05, 0) is 19.8 Å². The van der Waals surface area contributed by atoms with Gasteiger partial charge in [-0.15, -0.1) is 11.8 Å². The first-order valence-corrected chi connectivity index (χ1v) is 6.33. The molecule has 88 valence electrons. The smallest absolute Gasteiger partial charge is 0.144 e. The first-order valence-electron chi connectivity index (χ1n) is 5.34. The molecule has 1 fully saturated rings. The Balaban J connectivity index is 1.94. The van der Waals surface area contributed by atoms with Crippen molar-refractivity contribution in [3.8, 4) is 0 Å². The molecule has 1 aromatic rings. The van der Waals surface area contributed by atoms with Gasteiger partial charge in [0.1, 0.15) is 16.7 Å². The lowest BCUT2D eigenvalue weighted by Crippen LogP contribution is -2.11. The summed E-state index contributed by atoms with van der Waals surface area (Å²) in [4.78, 5) is 8.48. The highest BCUT2D eigenvalue weighted by atomic mass is 32.2. The molecule has 1 aliphatic rings. The normalized spacial score (nSPS) is 20.0. The van der Waals surface area contributed by atoms with Gasteiger partial charge in [-0.1, -0.05) is 0 Å². The number of nitrogen functional groups attached to an aromatic ring is 1. The maximum atomic E-state index is 5.56. The predicted molar refractivity (Wildman–Crippen MR) is 64.3 cm³/mol. The Morgan fingerprint density at radius 3 is 3.19 bits per heavy atom. The molecule has 2 heterocycles. The zero-order chi connectivity index (χ0) is 11.4. The van der Waals surface area contributed by atoms with Crippen molar-refractivity contribution in [3.05, 3.63) is 11.9 Å². The number of anilines is 1. The molecule has 0 amide bonds. The minimum atomic E-state index is 0.370. The van der Waals surface area contributed by atoms with Gasteiger partial charge in [0.2, 0.25) is 0 Å². The lowest BCUT2D eigenvalue weighted by atomic mass is 10.3. The minimum absolute atomic E-state index is 0.370. The van der Waals surface area contributed by atoms with Crippen molar-refractivity contribution in [1.29, 1.82) is 0 Å². The summed E-state index contributed by atoms with van der Waals surface area (Å²) in [5.74, 6) is 7.66. The highest BCUT2D eigenvalue weighted by molar-refractivity contribution is 7.99. The summed E-state index contributed by atoms with van der Waals surface area (Å²) in [5.41, 5.74) is 2.54. The quantitative estimate of drug-likeness (QED) is 0.358. The molecule has 2 rings (SSSR count). The zero-order valence-electron chi connectivity index (χ0n) is 9.27. The van der Waals surface area contributed by atoms with E-state index in [1.807, 2.05) is 13.0 Å². The monoisotopic (exact) mass is 240 g/mol. The minimum Gasteiger partial charge on any atom is -0.377 e. The summed E-state index contributed by atoms with van der Waals surface area (Å²) in [6, 6.07) is 1.85. The van der Waals surface area contributed by atoms with Crippen LogP contribution in [-0.4, -0.2) is 28.4 Å². The second-order valence-electron chi connectivity index (χ2n) is 3.73. The molecule has 1 aromatic heterocycles. The van der Waals surface area contributed by atoms with E-state index in [9.17, 15) is 0 Å². The van der Waals surface area contributed by atoms with Crippen molar-refractivity contribution in [3.63, 3.8) is 0 Å². The third-order valence-corrected chi connectivity index (χ3v) is 3.45. The molecule has 0 radical (unpaired) electrons. The van der Waals surface area contributed by atoms with E-state index >= 15 is 0 Å². The van der Waals surface area contributed by atoms with Crippen LogP contribution < -0.4 is 11.3 Å². The second kappa shape index (κ2) is 5.47. The Morgan fingerprint density at radius 2 is 2.50 bits per heavy atom. The third kappa shape index (κ3) is 3.07. The second-order valence-corrected chi connectivity index (χ2v) is 4.77. The highest BCUT2D eigenvalue weighted by Crippen LogP contribution is 2.23. The van der Waals surface area contributed by atoms with Crippen LogP contribution >= 0.6 is 11.8 Å². The Bertz CT molecular complexity index is 355. The summed E-state index contributed by atoms with van der Waals surface area (Å²) < 4.78 is 5.56. The summed E-state index contributed by atoms with van der Waals surface area (Å²) >= 11 is 1.69. The van der Waals surface area contributed by atoms with Crippen LogP contribution in [0.1, 0.15) is 18.7 Å². The van der Waals surface area contributed by atoms with Crippen LogP contribution in [0.4, 0.5) is 5.82 Å². The lowest BCUT2D eigenvalue weighted by Gasteiger charge is -2.09. The Labute approximate surface area is 99.2 Å². The SMILES string of the molecule is Cc1nc(NN)cc(SCC2CCCO2)n1. The first-order chi connectivity index (χ1) is 7.78. The van der Waals surface area contributed by atoms with E-state index in [0.717, 1.165) is 29.6 Å². The van der Waals surface area contributed by atoms with Crippen LogP contribution in [0.25, 0.3) is 0 Å². The number of nitrogens with zero attached hydrogens (tertiary/aromatic N) is 2. The molecule has 1 saturated heterocycles. The fourth-order valence-corrected chi connectivity index (χ4v) is 2.65. The van der Waals surface area contributed by atoms with Crippen LogP contribution in [0.15, 0.2) is 11.1 Å². The largest absolute Gasteiger partial charge is 0.377 e. The predicted octanol–water partition coefficient (Wildman–Crippen LogP) is 1.34. The molecular weight excluding hydrogens is 224 g/mol. The molecule has 5 nitrogen and oxygen atoms in total. The number of nitrogens with two attached hydrogens (primary N) is 1. The number of nitrogens with one attached hydrogen (secondary N) is 1. The van der Waals surface area contributed by atoms with E-state index in [4.69, 9.17) is 10.6 Å². The van der Waals surface area contributed by atoms with E-state index in [0.29, 0.717) is 11.9 Å². The van der Waals surface area contributed by atoms with Gasteiger partial charge in [0.15, 0.2) is 0 Å². The van der Waals surface area contributed by atoms with Crippen LogP contribution in [-0.2, 0) is 4.74 Å². The van der Waals surface area contributed by atoms with E-state index in [-0.39, 0.29) is 0 Å². The lowest BCUT2D eigenvalue weighted by molar-refractivity contribution is 0.129. The van der Waals surface area contributed by atoms with E-state index in [1.165, 1.54) is 6.42 Å². The molecule has 0 aromatic carbocycles. The Kier molecular flexibility index (Phi) is 3.98. The molecule has 1 aliphatic heterocycles. The number of hydrazine groups is 1. The number of aromatic nitrogens is 2. The summed E-state index contributed by atoms with van der Waals surface area (Å²) in [6.07, 6.45) is 2.69. The van der Waals surface area contributed by atoms with Crippen LogP contribution in [0, 0.1) is 6.92 Å². The van der Waals surface area contributed by atoms with Crippen molar-refractivity contribution in [1.82, 2.24) is 9.97 Å². The Morgan fingerprint density at radius 1 is 1.62 bits per heavy atom. The molecule has 0 saturated carbocycles. The number of hydrogen-bond donors (Lipinski definition) is 2. The maximum Gasteiger partial charge on any atom is 0.144 e. The summed E-state index contributed by atoms with van der Waals surface area (Å²) in [7, 11) is 0. The average molecular weight is 240 g/mol. The molecule has 0 bridgehead atoms. The molecule has 0 spiro atoms. The molecule has 1 unspecified atom stereocenters. The molecule has 3 N–H and O–H groups in total. The summed E-state index contributed by atoms with van der Waals surface area (Å²) in [6.45, 7) is 2.75. The zero-order valence-corrected chi connectivity index (χ0v) is 10.1. The van der Waals surface area contributed by atoms with E-state index < -0.39 is 0 Å². The van der Waals surface area contributed by atoms with Gasteiger partial charge < -0.3 is 10.2 Å². The number of thioether (sulfide) groups is 1. The molecule has 6 heteroatoms. The highest BCUT2D eigenvalue weighted by Gasteiger charge is 2.16. The van der Waals surface area contributed by atoms with Gasteiger partial charge in [-0.2, -0.15) is 0 Å². The van der Waals surface area contributed by atoms with Crippen molar-refractivity contribution in [2.24, 2.45) is 5.84 Å². The summed E-state index contributed by atoms with van der Waals surface area (Å²) in [5, 5.41) is 0.941. The Hall–Kier alpha value is -0.850. The fraction of sp³-hybridized carbons (Fsp3) is 0.600. The topological polar surface area (TPSA) is 73.1 Å². The van der Waals surface area contributed by atoms with Crippen molar-refractivity contribution in [2.45, 2.75) is 30.9 Å². The van der Waals surface area contributed by atoms with Crippen molar-refractivity contribution < 1.29 is 4.74 Å². The molecule has 1 atom stereocenters. The number of hydrogen-bond acceptors (Lipinski definition) is 6. The van der Waals surface area contributed by atoms with E-state index in [2.05, 4.69) is 15.4 Å². The van der Waals surface area contributed by atoms with Gasteiger partial charge >= 0.3 is 0 Å². The molecular formula is C10H16N4OS. The number of ether oxygens (including phenoxy) is 1. The average Bonchev–Trinajstić information content (AvgIpc) is 2.78. The fourth-order valence-electron chi connectivity index (χ4n) is 1.64. The van der Waals surface area contributed by atoms with Crippen LogP contribution in [0.3, 0.4) is 0 Å². The molecule has 0 aliphatic carbocycles. The van der Waals surface area contributed by atoms with E-state index in [1.54, 1.807) is 11.8 Å². The van der Waals surface area contributed by atoms with Crippen molar-refractivity contribution >= 4 is 17.6 Å². The third-order valence-electron chi connectivity index (χ3n) is 2.40. The first kappa shape index (κ1) is 11.6. The number of rotatable bonds is 4. The van der Waals surface area contributed by atoms with Gasteiger partial charge in [0.25, 0.3) is 0 Å². The van der Waals surface area contributed by atoms with Gasteiger partial charge in [-0.3, -0.25) is 0 Å². The maximum absolute atomic E-state index is 5.56.